The fourth-order valence-electron chi connectivity index (χ4n) is 2.03. The largest absolute Gasteiger partial charge is 0.310 e. The summed E-state index contributed by atoms with van der Waals surface area (Å²) in [6, 6.07) is 7.79. The fourth-order valence-corrected chi connectivity index (χ4v) is 2.66. The lowest BCUT2D eigenvalue weighted by Crippen LogP contribution is -2.31. The van der Waals surface area contributed by atoms with Crippen molar-refractivity contribution in [1.29, 1.82) is 0 Å². The van der Waals surface area contributed by atoms with Crippen LogP contribution in [-0.4, -0.2) is 31.3 Å². The highest BCUT2D eigenvalue weighted by Crippen LogP contribution is 2.16. The van der Waals surface area contributed by atoms with Crippen LogP contribution in [0.15, 0.2) is 36.4 Å². The molecule has 1 rings (SSSR count). The highest BCUT2D eigenvalue weighted by molar-refractivity contribution is 7.85. The van der Waals surface area contributed by atoms with Crippen molar-refractivity contribution in [1.82, 2.24) is 5.32 Å². The van der Waals surface area contributed by atoms with Crippen molar-refractivity contribution in [2.24, 2.45) is 5.41 Å². The van der Waals surface area contributed by atoms with Crippen LogP contribution in [0.4, 0.5) is 0 Å². The van der Waals surface area contributed by atoms with E-state index in [-0.39, 0.29) is 17.2 Å². The van der Waals surface area contributed by atoms with Gasteiger partial charge in [0.1, 0.15) is 0 Å². The molecule has 0 amide bonds. The molecule has 0 saturated heterocycles. The van der Waals surface area contributed by atoms with Gasteiger partial charge in [0.2, 0.25) is 0 Å². The van der Waals surface area contributed by atoms with E-state index in [9.17, 15) is 8.42 Å². The van der Waals surface area contributed by atoms with Crippen molar-refractivity contribution in [2.75, 3.05) is 12.3 Å². The van der Waals surface area contributed by atoms with Gasteiger partial charge in [-0.3, -0.25) is 4.55 Å². The van der Waals surface area contributed by atoms with Gasteiger partial charge >= 0.3 is 0 Å². The van der Waals surface area contributed by atoms with Crippen LogP contribution in [-0.2, 0) is 16.5 Å². The van der Waals surface area contributed by atoms with Crippen molar-refractivity contribution in [3.05, 3.63) is 47.0 Å². The van der Waals surface area contributed by atoms with Crippen LogP contribution in [0.25, 0.3) is 0 Å². The molecule has 0 fully saturated rings. The zero-order chi connectivity index (χ0) is 17.5. The quantitative estimate of drug-likeness (QED) is 0.421. The summed E-state index contributed by atoms with van der Waals surface area (Å²) in [5.74, 6) is -0.226. The molecule has 1 aromatic rings. The van der Waals surface area contributed by atoms with Crippen LogP contribution < -0.4 is 5.32 Å². The molecule has 0 saturated carbocycles. The molecule has 0 aliphatic rings. The van der Waals surface area contributed by atoms with Gasteiger partial charge in [0.15, 0.2) is 0 Å². The Bertz CT molecular complexity index is 604. The summed E-state index contributed by atoms with van der Waals surface area (Å²) in [7, 11) is -3.89. The number of nitrogens with one attached hydrogen (secondary N) is 1. The number of hydrogen-bond acceptors (Lipinski definition) is 3. The normalized spacial score (nSPS) is 14.3. The Morgan fingerprint density at radius 3 is 2.39 bits per heavy atom. The SMILES string of the molecule is CC(C)(C)/C=C/[C@H](Cc1ccc(Cl)cc1)NCCCS(=O)(=O)O. The van der Waals surface area contributed by atoms with Gasteiger partial charge in [0, 0.05) is 11.1 Å². The van der Waals surface area contributed by atoms with Crippen LogP contribution in [0.5, 0.6) is 0 Å². The van der Waals surface area contributed by atoms with E-state index >= 15 is 0 Å². The fraction of sp³-hybridized carbons (Fsp3) is 0.529. The Morgan fingerprint density at radius 1 is 1.26 bits per heavy atom. The van der Waals surface area contributed by atoms with E-state index in [1.807, 2.05) is 24.3 Å². The molecule has 0 bridgehead atoms. The first-order valence-corrected chi connectivity index (χ1v) is 9.66. The molecule has 130 valence electrons. The first-order valence-electron chi connectivity index (χ1n) is 7.67. The minimum atomic E-state index is -3.89. The third kappa shape index (κ3) is 10.5. The van der Waals surface area contributed by atoms with E-state index in [4.69, 9.17) is 16.2 Å². The van der Waals surface area contributed by atoms with E-state index < -0.39 is 10.1 Å². The van der Waals surface area contributed by atoms with Crippen molar-refractivity contribution in [2.45, 2.75) is 39.7 Å². The number of rotatable bonds is 8. The molecule has 0 aromatic heterocycles. The number of halogens is 1. The molecule has 6 heteroatoms. The van der Waals surface area contributed by atoms with E-state index in [1.165, 1.54) is 0 Å². The molecule has 0 radical (unpaired) electrons. The van der Waals surface area contributed by atoms with E-state index in [1.54, 1.807) is 0 Å². The molecule has 0 heterocycles. The van der Waals surface area contributed by atoms with Gasteiger partial charge in [-0.05, 0) is 42.5 Å². The molecule has 1 aromatic carbocycles. The lowest BCUT2D eigenvalue weighted by molar-refractivity contribution is 0.478. The van der Waals surface area contributed by atoms with Crippen molar-refractivity contribution >= 4 is 21.7 Å². The predicted octanol–water partition coefficient (Wildman–Crippen LogP) is 3.72. The molecular weight excluding hydrogens is 334 g/mol. The highest BCUT2D eigenvalue weighted by Gasteiger charge is 2.10. The van der Waals surface area contributed by atoms with Crippen LogP contribution in [0.3, 0.4) is 0 Å². The smallest absolute Gasteiger partial charge is 0.264 e. The summed E-state index contributed by atoms with van der Waals surface area (Å²) >= 11 is 5.90. The second-order valence-electron chi connectivity index (χ2n) is 6.76. The Morgan fingerprint density at radius 2 is 1.87 bits per heavy atom. The van der Waals surface area contributed by atoms with Crippen LogP contribution in [0.2, 0.25) is 5.02 Å². The monoisotopic (exact) mass is 359 g/mol. The molecule has 0 spiro atoms. The average Bonchev–Trinajstić information content (AvgIpc) is 2.41. The molecule has 0 unspecified atom stereocenters. The predicted molar refractivity (Wildman–Crippen MR) is 96.6 cm³/mol. The Kier molecular flexibility index (Phi) is 7.74. The maximum absolute atomic E-state index is 10.8. The summed E-state index contributed by atoms with van der Waals surface area (Å²) in [4.78, 5) is 0. The van der Waals surface area contributed by atoms with Crippen LogP contribution in [0, 0.1) is 5.41 Å². The van der Waals surface area contributed by atoms with Gasteiger partial charge in [-0.15, -0.1) is 0 Å². The topological polar surface area (TPSA) is 66.4 Å². The third-order valence-corrected chi connectivity index (χ3v) is 4.24. The lowest BCUT2D eigenvalue weighted by atomic mass is 9.94. The van der Waals surface area contributed by atoms with Gasteiger partial charge < -0.3 is 5.32 Å². The standard InChI is InChI=1S/C17H26ClNO3S/c1-17(2,3)10-9-16(19-11-4-12-23(20,21)22)13-14-5-7-15(18)8-6-14/h5-10,16,19H,4,11-13H2,1-3H3,(H,20,21,22)/b10-9+/t16-/m1/s1. The average molecular weight is 360 g/mol. The van der Waals surface area contributed by atoms with Gasteiger partial charge in [0.05, 0.1) is 5.75 Å². The van der Waals surface area contributed by atoms with E-state index in [0.717, 1.165) is 12.0 Å². The molecule has 2 N–H and O–H groups in total. The Hall–Kier alpha value is -0.880. The maximum atomic E-state index is 10.8. The first kappa shape index (κ1) is 20.2. The molecular formula is C17H26ClNO3S. The van der Waals surface area contributed by atoms with E-state index in [2.05, 4.69) is 38.2 Å². The van der Waals surface area contributed by atoms with Gasteiger partial charge in [-0.1, -0.05) is 56.7 Å². The Labute approximate surface area is 144 Å². The summed E-state index contributed by atoms with van der Waals surface area (Å²) in [5.41, 5.74) is 1.23. The summed E-state index contributed by atoms with van der Waals surface area (Å²) < 4.78 is 30.3. The maximum Gasteiger partial charge on any atom is 0.264 e. The highest BCUT2D eigenvalue weighted by atomic mass is 35.5. The van der Waals surface area contributed by atoms with Crippen LogP contribution in [0.1, 0.15) is 32.8 Å². The van der Waals surface area contributed by atoms with Crippen molar-refractivity contribution in [3.63, 3.8) is 0 Å². The summed E-state index contributed by atoms with van der Waals surface area (Å²) in [6.07, 6.45) is 5.42. The summed E-state index contributed by atoms with van der Waals surface area (Å²) in [6.45, 7) is 6.90. The van der Waals surface area contributed by atoms with Crippen molar-refractivity contribution in [3.8, 4) is 0 Å². The van der Waals surface area contributed by atoms with Crippen LogP contribution >= 0.6 is 11.6 Å². The van der Waals surface area contributed by atoms with Gasteiger partial charge in [-0.2, -0.15) is 8.42 Å². The first-order chi connectivity index (χ1) is 10.6. The minimum absolute atomic E-state index is 0.0777. The molecule has 23 heavy (non-hydrogen) atoms. The van der Waals surface area contributed by atoms with Gasteiger partial charge in [0.25, 0.3) is 10.1 Å². The zero-order valence-electron chi connectivity index (χ0n) is 13.9. The zero-order valence-corrected chi connectivity index (χ0v) is 15.5. The second kappa shape index (κ2) is 8.83. The second-order valence-corrected chi connectivity index (χ2v) is 8.76. The number of allylic oxidation sites excluding steroid dienone is 1. The minimum Gasteiger partial charge on any atom is -0.310 e. The number of benzene rings is 1. The van der Waals surface area contributed by atoms with E-state index in [0.29, 0.717) is 18.0 Å². The third-order valence-electron chi connectivity index (χ3n) is 3.18. The molecule has 0 aliphatic heterocycles. The summed E-state index contributed by atoms with van der Waals surface area (Å²) in [5, 5.41) is 4.04. The number of hydrogen-bond donors (Lipinski definition) is 2. The molecule has 1 atom stereocenters. The Balaban J connectivity index is 2.65. The molecule has 0 aliphatic carbocycles. The van der Waals surface area contributed by atoms with Crippen molar-refractivity contribution < 1.29 is 13.0 Å². The lowest BCUT2D eigenvalue weighted by Gasteiger charge is -2.18. The molecule has 4 nitrogen and oxygen atoms in total. The van der Waals surface area contributed by atoms with Gasteiger partial charge in [-0.25, -0.2) is 0 Å².